The Morgan fingerprint density at radius 2 is 1.82 bits per heavy atom. The fraction of sp³-hybridized carbons (Fsp3) is 0.636. The van der Waals surface area contributed by atoms with Crippen LogP contribution in [-0.2, 0) is 17.9 Å². The number of carbonyl (C=O) groups is 1. The van der Waals surface area contributed by atoms with Gasteiger partial charge in [0.15, 0.2) is 5.96 Å². The first kappa shape index (κ1) is 22.2. The van der Waals surface area contributed by atoms with Crippen LogP contribution in [0.25, 0.3) is 0 Å². The molecule has 0 aliphatic carbocycles. The number of rotatable bonds is 11. The molecule has 0 atom stereocenters. The summed E-state index contributed by atoms with van der Waals surface area (Å²) < 4.78 is 0. The van der Waals surface area contributed by atoms with E-state index in [1.807, 2.05) is 4.90 Å². The lowest BCUT2D eigenvalue weighted by Crippen LogP contribution is -2.39. The molecule has 6 nitrogen and oxygen atoms in total. The van der Waals surface area contributed by atoms with Gasteiger partial charge in [-0.05, 0) is 44.0 Å². The summed E-state index contributed by atoms with van der Waals surface area (Å²) in [5.41, 5.74) is 2.56. The average Bonchev–Trinajstić information content (AvgIpc) is 3.13. The van der Waals surface area contributed by atoms with Crippen molar-refractivity contribution in [1.29, 1.82) is 0 Å². The number of amides is 1. The molecule has 1 aliphatic rings. The van der Waals surface area contributed by atoms with Crippen molar-refractivity contribution in [3.8, 4) is 0 Å². The fourth-order valence-corrected chi connectivity index (χ4v) is 3.38. The predicted molar refractivity (Wildman–Crippen MR) is 116 cm³/mol. The van der Waals surface area contributed by atoms with E-state index in [1.54, 1.807) is 0 Å². The summed E-state index contributed by atoms with van der Waals surface area (Å²) in [6.45, 7) is 13.7. The second-order valence-electron chi connectivity index (χ2n) is 7.24. The van der Waals surface area contributed by atoms with Gasteiger partial charge >= 0.3 is 0 Å². The summed E-state index contributed by atoms with van der Waals surface area (Å²) in [5, 5.41) is 6.67. The molecule has 1 heterocycles. The summed E-state index contributed by atoms with van der Waals surface area (Å²) in [6.07, 6.45) is 2.66. The maximum absolute atomic E-state index is 11.6. The number of guanidine groups is 1. The molecule has 0 radical (unpaired) electrons. The van der Waals surface area contributed by atoms with Crippen molar-refractivity contribution in [2.45, 2.75) is 53.1 Å². The molecule has 0 saturated carbocycles. The predicted octanol–water partition coefficient (Wildman–Crippen LogP) is 2.60. The highest BCUT2D eigenvalue weighted by atomic mass is 16.2. The van der Waals surface area contributed by atoms with Crippen molar-refractivity contribution >= 4 is 11.9 Å². The quantitative estimate of drug-likeness (QED) is 0.348. The molecule has 1 amide bonds. The van der Waals surface area contributed by atoms with Gasteiger partial charge in [0.05, 0.1) is 6.54 Å². The molecular formula is C22H37N5O. The zero-order valence-electron chi connectivity index (χ0n) is 17.8. The highest BCUT2D eigenvalue weighted by molar-refractivity contribution is 5.79. The van der Waals surface area contributed by atoms with Crippen LogP contribution in [0.15, 0.2) is 29.3 Å². The Morgan fingerprint density at radius 3 is 2.43 bits per heavy atom. The lowest BCUT2D eigenvalue weighted by molar-refractivity contribution is -0.127. The third kappa shape index (κ3) is 7.50. The lowest BCUT2D eigenvalue weighted by Gasteiger charge is -2.18. The first-order valence-corrected chi connectivity index (χ1v) is 10.8. The molecule has 0 aromatic heterocycles. The molecule has 2 rings (SSSR count). The average molecular weight is 388 g/mol. The molecule has 1 fully saturated rings. The van der Waals surface area contributed by atoms with E-state index in [1.165, 1.54) is 11.1 Å². The van der Waals surface area contributed by atoms with Gasteiger partial charge < -0.3 is 15.5 Å². The summed E-state index contributed by atoms with van der Waals surface area (Å²) in [5.74, 6) is 1.13. The molecule has 0 spiro atoms. The van der Waals surface area contributed by atoms with E-state index < -0.39 is 0 Å². The van der Waals surface area contributed by atoms with Crippen LogP contribution in [0.4, 0.5) is 0 Å². The number of nitrogens with one attached hydrogen (secondary N) is 2. The van der Waals surface area contributed by atoms with Crippen LogP contribution >= 0.6 is 0 Å². The van der Waals surface area contributed by atoms with Gasteiger partial charge in [0.25, 0.3) is 0 Å². The van der Waals surface area contributed by atoms with E-state index in [9.17, 15) is 4.79 Å². The Balaban J connectivity index is 1.78. The third-order valence-corrected chi connectivity index (χ3v) is 5.16. The van der Waals surface area contributed by atoms with Gasteiger partial charge in [-0.25, -0.2) is 4.99 Å². The van der Waals surface area contributed by atoms with E-state index in [4.69, 9.17) is 4.99 Å². The van der Waals surface area contributed by atoms with Gasteiger partial charge in [0, 0.05) is 39.1 Å². The maximum Gasteiger partial charge on any atom is 0.222 e. The first-order chi connectivity index (χ1) is 13.7. The van der Waals surface area contributed by atoms with Gasteiger partial charge in [-0.1, -0.05) is 38.1 Å². The second-order valence-corrected chi connectivity index (χ2v) is 7.24. The number of hydrogen-bond acceptors (Lipinski definition) is 3. The Morgan fingerprint density at radius 1 is 1.11 bits per heavy atom. The highest BCUT2D eigenvalue weighted by Gasteiger charge is 2.18. The smallest absolute Gasteiger partial charge is 0.222 e. The maximum atomic E-state index is 11.6. The zero-order valence-corrected chi connectivity index (χ0v) is 17.8. The molecule has 6 heteroatoms. The van der Waals surface area contributed by atoms with Crippen LogP contribution in [0.5, 0.6) is 0 Å². The molecule has 1 aliphatic heterocycles. The van der Waals surface area contributed by atoms with Crippen LogP contribution in [0.3, 0.4) is 0 Å². The van der Waals surface area contributed by atoms with Crippen molar-refractivity contribution in [3.05, 3.63) is 35.4 Å². The normalized spacial score (nSPS) is 14.8. The van der Waals surface area contributed by atoms with Crippen LogP contribution < -0.4 is 10.6 Å². The Labute approximate surface area is 170 Å². The molecule has 0 unspecified atom stereocenters. The summed E-state index contributed by atoms with van der Waals surface area (Å²) >= 11 is 0. The monoisotopic (exact) mass is 387 g/mol. The minimum absolute atomic E-state index is 0.296. The standard InChI is InChI=1S/C22H37N5O/c1-4-23-22(24-14-8-16-27-15-7-9-21(27)28)25-17-19-10-12-20(13-11-19)18-26(5-2)6-3/h10-13H,4-9,14-18H2,1-3H3,(H2,23,24,25). The first-order valence-electron chi connectivity index (χ1n) is 10.8. The number of likely N-dealkylation sites (tertiary alicyclic amines) is 1. The van der Waals surface area contributed by atoms with Crippen LogP contribution in [0, 0.1) is 0 Å². The van der Waals surface area contributed by atoms with Gasteiger partial charge in [-0.15, -0.1) is 0 Å². The number of aliphatic imine (C=N–C) groups is 1. The third-order valence-electron chi connectivity index (χ3n) is 5.16. The van der Waals surface area contributed by atoms with E-state index in [2.05, 4.69) is 60.6 Å². The zero-order chi connectivity index (χ0) is 20.2. The summed E-state index contributed by atoms with van der Waals surface area (Å²) in [4.78, 5) is 20.7. The Bertz CT molecular complexity index is 610. The van der Waals surface area contributed by atoms with E-state index in [-0.39, 0.29) is 0 Å². The summed E-state index contributed by atoms with van der Waals surface area (Å²) in [7, 11) is 0. The SMILES string of the molecule is CCNC(=NCc1ccc(CN(CC)CC)cc1)NCCCN1CCCC1=O. The molecule has 1 aromatic rings. The van der Waals surface area contributed by atoms with E-state index >= 15 is 0 Å². The molecule has 1 aromatic carbocycles. The minimum Gasteiger partial charge on any atom is -0.357 e. The molecule has 1 saturated heterocycles. The van der Waals surface area contributed by atoms with Crippen LogP contribution in [0.1, 0.15) is 51.2 Å². The largest absolute Gasteiger partial charge is 0.357 e. The molecule has 28 heavy (non-hydrogen) atoms. The van der Waals surface area contributed by atoms with Gasteiger partial charge in [0.1, 0.15) is 0 Å². The highest BCUT2D eigenvalue weighted by Crippen LogP contribution is 2.10. The Kier molecular flexibility index (Phi) is 9.83. The minimum atomic E-state index is 0.296. The molecule has 156 valence electrons. The van der Waals surface area contributed by atoms with Crippen LogP contribution in [0.2, 0.25) is 0 Å². The lowest BCUT2D eigenvalue weighted by atomic mass is 10.1. The second kappa shape index (κ2) is 12.4. The number of carbonyl (C=O) groups excluding carboxylic acids is 1. The number of hydrogen-bond donors (Lipinski definition) is 2. The fourth-order valence-electron chi connectivity index (χ4n) is 3.38. The topological polar surface area (TPSA) is 60.0 Å². The molecule has 0 bridgehead atoms. The van der Waals surface area contributed by atoms with Crippen molar-refractivity contribution in [2.24, 2.45) is 4.99 Å². The summed E-state index contributed by atoms with van der Waals surface area (Å²) in [6, 6.07) is 8.75. The van der Waals surface area contributed by atoms with Gasteiger partial charge in [-0.3, -0.25) is 9.69 Å². The Hall–Kier alpha value is -2.08. The van der Waals surface area contributed by atoms with Crippen molar-refractivity contribution in [3.63, 3.8) is 0 Å². The van der Waals surface area contributed by atoms with Gasteiger partial charge in [-0.2, -0.15) is 0 Å². The van der Waals surface area contributed by atoms with E-state index in [0.29, 0.717) is 18.9 Å². The molecular weight excluding hydrogens is 350 g/mol. The molecule has 2 N–H and O–H groups in total. The van der Waals surface area contributed by atoms with Crippen molar-refractivity contribution < 1.29 is 4.79 Å². The number of nitrogens with zero attached hydrogens (tertiary/aromatic N) is 3. The van der Waals surface area contributed by atoms with Crippen molar-refractivity contribution in [1.82, 2.24) is 20.4 Å². The number of benzene rings is 1. The van der Waals surface area contributed by atoms with Gasteiger partial charge in [0.2, 0.25) is 5.91 Å². The van der Waals surface area contributed by atoms with Crippen LogP contribution in [-0.4, -0.2) is 60.9 Å². The van der Waals surface area contributed by atoms with E-state index in [0.717, 1.165) is 64.6 Å². The van der Waals surface area contributed by atoms with Crippen molar-refractivity contribution in [2.75, 3.05) is 39.3 Å².